The van der Waals surface area contributed by atoms with E-state index in [-0.39, 0.29) is 11.9 Å². The number of rotatable bonds is 12. The second-order valence-corrected chi connectivity index (χ2v) is 7.68. The number of carbonyl (C=O) groups excluding carboxylic acids is 1. The molecule has 0 heterocycles. The smallest absolute Gasteiger partial charge is 0.308 e. The molecule has 0 aromatic heterocycles. The lowest BCUT2D eigenvalue weighted by molar-refractivity contribution is -0.148. The van der Waals surface area contributed by atoms with Crippen molar-refractivity contribution in [2.24, 2.45) is 23.7 Å². The van der Waals surface area contributed by atoms with Crippen LogP contribution in [0, 0.1) is 23.7 Å². The highest BCUT2D eigenvalue weighted by molar-refractivity contribution is 5.71. The molecule has 0 aliphatic rings. The van der Waals surface area contributed by atoms with E-state index in [4.69, 9.17) is 9.47 Å². The van der Waals surface area contributed by atoms with Gasteiger partial charge in [-0.15, -0.1) is 0 Å². The Morgan fingerprint density at radius 1 is 0.920 bits per heavy atom. The lowest BCUT2D eigenvalue weighted by Gasteiger charge is -2.22. The molecule has 1 rings (SSSR count). The van der Waals surface area contributed by atoms with Gasteiger partial charge in [0.1, 0.15) is 0 Å². The highest BCUT2D eigenvalue weighted by Gasteiger charge is 2.19. The van der Waals surface area contributed by atoms with Gasteiger partial charge in [0.25, 0.3) is 0 Å². The summed E-state index contributed by atoms with van der Waals surface area (Å²) in [5.74, 6) is 1.65. The summed E-state index contributed by atoms with van der Waals surface area (Å²) < 4.78 is 10.9. The van der Waals surface area contributed by atoms with Crippen molar-refractivity contribution in [1.29, 1.82) is 0 Å². The van der Waals surface area contributed by atoms with Gasteiger partial charge in [-0.25, -0.2) is 0 Å². The minimum atomic E-state index is -0.0651. The van der Waals surface area contributed by atoms with Gasteiger partial charge in [-0.2, -0.15) is 0 Å². The lowest BCUT2D eigenvalue weighted by Crippen LogP contribution is -2.19. The Kier molecular flexibility index (Phi) is 10.5. The van der Waals surface area contributed by atoms with Crippen LogP contribution in [0.2, 0.25) is 0 Å². The van der Waals surface area contributed by atoms with Crippen LogP contribution in [0.15, 0.2) is 30.3 Å². The fraction of sp³-hybridized carbons (Fsp3) is 0.682. The number of hydrogen-bond acceptors (Lipinski definition) is 3. The minimum absolute atomic E-state index is 0.00576. The molecule has 0 radical (unpaired) electrons. The summed E-state index contributed by atoms with van der Waals surface area (Å²) in [7, 11) is 0. The van der Waals surface area contributed by atoms with Crippen molar-refractivity contribution in [3.8, 4) is 0 Å². The second kappa shape index (κ2) is 12.1. The third kappa shape index (κ3) is 9.64. The summed E-state index contributed by atoms with van der Waals surface area (Å²) in [6.07, 6.45) is 3.21. The van der Waals surface area contributed by atoms with E-state index in [9.17, 15) is 4.79 Å². The van der Waals surface area contributed by atoms with Crippen LogP contribution in [0.5, 0.6) is 0 Å². The molecule has 0 saturated heterocycles. The van der Waals surface area contributed by atoms with Crippen LogP contribution >= 0.6 is 0 Å². The third-order valence-corrected chi connectivity index (χ3v) is 4.57. The number of carbonyl (C=O) groups is 1. The van der Waals surface area contributed by atoms with Gasteiger partial charge in [0.15, 0.2) is 0 Å². The molecule has 0 aliphatic heterocycles. The number of hydrogen-bond donors (Lipinski definition) is 0. The molecule has 0 spiro atoms. The predicted molar refractivity (Wildman–Crippen MR) is 103 cm³/mol. The normalized spacial score (nSPS) is 16.0. The molecule has 0 saturated carbocycles. The average molecular weight is 349 g/mol. The molecule has 142 valence electrons. The van der Waals surface area contributed by atoms with Gasteiger partial charge in [-0.1, -0.05) is 58.0 Å². The zero-order valence-corrected chi connectivity index (χ0v) is 16.7. The summed E-state index contributed by atoms with van der Waals surface area (Å²) in [6, 6.07) is 10.3. The van der Waals surface area contributed by atoms with Gasteiger partial charge in [-0.3, -0.25) is 4.79 Å². The van der Waals surface area contributed by atoms with Gasteiger partial charge in [-0.05, 0) is 49.5 Å². The fourth-order valence-electron chi connectivity index (χ4n) is 3.57. The van der Waals surface area contributed by atoms with E-state index in [0.29, 0.717) is 31.0 Å². The first kappa shape index (κ1) is 21.7. The fourth-order valence-corrected chi connectivity index (χ4v) is 3.57. The van der Waals surface area contributed by atoms with Crippen molar-refractivity contribution in [2.75, 3.05) is 13.2 Å². The van der Waals surface area contributed by atoms with Crippen LogP contribution in [0.25, 0.3) is 0 Å². The Bertz CT molecular complexity index is 471. The first-order chi connectivity index (χ1) is 11.9. The highest BCUT2D eigenvalue weighted by atomic mass is 16.5. The quantitative estimate of drug-likeness (QED) is 0.469. The van der Waals surface area contributed by atoms with Crippen molar-refractivity contribution in [3.63, 3.8) is 0 Å². The van der Waals surface area contributed by atoms with Gasteiger partial charge < -0.3 is 9.47 Å². The number of benzene rings is 1. The zero-order valence-electron chi connectivity index (χ0n) is 16.7. The molecule has 0 N–H and O–H groups in total. The highest BCUT2D eigenvalue weighted by Crippen LogP contribution is 2.25. The van der Waals surface area contributed by atoms with E-state index >= 15 is 0 Å². The standard InChI is InChI=1S/C22H36O3/c1-6-25-22(23)20(5)14-18(3)12-17(2)13-19(4)15-24-16-21-10-8-7-9-11-21/h7-11,17-20H,6,12-16H2,1-5H3/t17-,18+,19-,20-/m0/s1. The Labute approximate surface area is 154 Å². The topological polar surface area (TPSA) is 35.5 Å². The Hall–Kier alpha value is -1.35. The van der Waals surface area contributed by atoms with Crippen LogP contribution in [0.1, 0.15) is 59.4 Å². The molecule has 0 fully saturated rings. The molecule has 1 aromatic rings. The molecular weight excluding hydrogens is 312 g/mol. The lowest BCUT2D eigenvalue weighted by atomic mass is 9.86. The summed E-state index contributed by atoms with van der Waals surface area (Å²) in [5, 5.41) is 0. The largest absolute Gasteiger partial charge is 0.466 e. The third-order valence-electron chi connectivity index (χ3n) is 4.57. The van der Waals surface area contributed by atoms with Crippen LogP contribution in [0.3, 0.4) is 0 Å². The molecule has 25 heavy (non-hydrogen) atoms. The maximum atomic E-state index is 11.7. The van der Waals surface area contributed by atoms with Gasteiger partial charge in [0.2, 0.25) is 0 Å². The van der Waals surface area contributed by atoms with E-state index in [1.807, 2.05) is 32.0 Å². The summed E-state index contributed by atoms with van der Waals surface area (Å²) in [5.41, 5.74) is 1.23. The SMILES string of the molecule is CCOC(=O)[C@@H](C)C[C@H](C)C[C@H](C)C[C@H](C)COCc1ccccc1. The van der Waals surface area contributed by atoms with Crippen LogP contribution in [-0.4, -0.2) is 19.2 Å². The van der Waals surface area contributed by atoms with Crippen molar-refractivity contribution >= 4 is 5.97 Å². The van der Waals surface area contributed by atoms with E-state index in [2.05, 4.69) is 32.9 Å². The molecule has 0 aliphatic carbocycles. The van der Waals surface area contributed by atoms with Crippen LogP contribution in [0.4, 0.5) is 0 Å². The van der Waals surface area contributed by atoms with Gasteiger partial charge in [0, 0.05) is 6.61 Å². The first-order valence-electron chi connectivity index (χ1n) is 9.70. The zero-order chi connectivity index (χ0) is 18.7. The number of ether oxygens (including phenoxy) is 2. The molecule has 4 atom stereocenters. The molecular formula is C22H36O3. The maximum Gasteiger partial charge on any atom is 0.308 e. The summed E-state index contributed by atoms with van der Waals surface area (Å²) >= 11 is 0. The first-order valence-corrected chi connectivity index (χ1v) is 9.70. The molecule has 0 bridgehead atoms. The van der Waals surface area contributed by atoms with Gasteiger partial charge in [0.05, 0.1) is 19.1 Å². The maximum absolute atomic E-state index is 11.7. The van der Waals surface area contributed by atoms with Crippen LogP contribution < -0.4 is 0 Å². The van der Waals surface area contributed by atoms with E-state index in [0.717, 1.165) is 25.9 Å². The van der Waals surface area contributed by atoms with Gasteiger partial charge >= 0.3 is 5.97 Å². The summed E-state index contributed by atoms with van der Waals surface area (Å²) in [4.78, 5) is 11.7. The Morgan fingerprint density at radius 3 is 2.16 bits per heavy atom. The molecule has 3 nitrogen and oxygen atoms in total. The average Bonchev–Trinajstić information content (AvgIpc) is 2.55. The second-order valence-electron chi connectivity index (χ2n) is 7.68. The monoisotopic (exact) mass is 348 g/mol. The number of esters is 1. The van der Waals surface area contributed by atoms with Crippen molar-refractivity contribution in [1.82, 2.24) is 0 Å². The predicted octanol–water partition coefficient (Wildman–Crippen LogP) is 5.48. The van der Waals surface area contributed by atoms with E-state index < -0.39 is 0 Å². The van der Waals surface area contributed by atoms with Crippen LogP contribution in [-0.2, 0) is 20.9 Å². The Morgan fingerprint density at radius 2 is 1.52 bits per heavy atom. The van der Waals surface area contributed by atoms with Crippen molar-refractivity contribution in [3.05, 3.63) is 35.9 Å². The van der Waals surface area contributed by atoms with Crippen molar-refractivity contribution < 1.29 is 14.3 Å². The Balaban J connectivity index is 2.21. The molecule has 1 aromatic carbocycles. The van der Waals surface area contributed by atoms with E-state index in [1.165, 1.54) is 5.56 Å². The van der Waals surface area contributed by atoms with E-state index in [1.54, 1.807) is 0 Å². The molecule has 3 heteroatoms. The van der Waals surface area contributed by atoms with Crippen molar-refractivity contribution in [2.45, 2.75) is 60.5 Å². The molecule has 0 unspecified atom stereocenters. The molecule has 0 amide bonds. The minimum Gasteiger partial charge on any atom is -0.466 e. The summed E-state index contributed by atoms with van der Waals surface area (Å²) in [6.45, 7) is 12.6.